The maximum absolute atomic E-state index is 9.54. The van der Waals surface area contributed by atoms with Crippen molar-refractivity contribution in [2.75, 3.05) is 0 Å². The van der Waals surface area contributed by atoms with Crippen molar-refractivity contribution in [3.63, 3.8) is 0 Å². The van der Waals surface area contributed by atoms with Gasteiger partial charge in [0.05, 0.1) is 0 Å². The molecule has 5 N–H and O–H groups in total. The van der Waals surface area contributed by atoms with Crippen LogP contribution in [0.2, 0.25) is 0 Å². The van der Waals surface area contributed by atoms with Crippen LogP contribution in [-0.4, -0.2) is 8.42 Å². The maximum Gasteiger partial charge on any atom is 0.287 e. The van der Waals surface area contributed by atoms with Crippen LogP contribution in [0.25, 0.3) is 0 Å². The third kappa shape index (κ3) is 10.8. The fourth-order valence-corrected chi connectivity index (χ4v) is 0. The molecule has 0 aliphatic rings. The number of nitrogens with two attached hydrogens (primary N) is 2. The van der Waals surface area contributed by atoms with Gasteiger partial charge in [-0.3, -0.25) is 5.84 Å². The van der Waals surface area contributed by atoms with E-state index in [0.717, 1.165) is 0 Å². The molecule has 0 aliphatic carbocycles. The van der Waals surface area contributed by atoms with E-state index < -0.39 is 10.2 Å². The monoisotopic (exact) mass is 306 g/mol. The van der Waals surface area contributed by atoms with Crippen LogP contribution in [0.1, 0.15) is 0 Å². The SMILES string of the molecule is NNS(N)(=O)=O.[Pt]. The minimum atomic E-state index is -3.63. The molecule has 7 heavy (non-hydrogen) atoms. The van der Waals surface area contributed by atoms with Crippen molar-refractivity contribution in [2.24, 2.45) is 11.0 Å². The minimum absolute atomic E-state index is 0. The number of hydrogen-bond acceptors (Lipinski definition) is 3. The zero-order chi connectivity index (χ0) is 5.21. The Morgan fingerprint density at radius 2 is 1.57 bits per heavy atom. The van der Waals surface area contributed by atoms with E-state index in [-0.39, 0.29) is 21.1 Å². The van der Waals surface area contributed by atoms with Gasteiger partial charge >= 0.3 is 0 Å². The fraction of sp³-hybridized carbons (Fsp3) is 0. The Kier molecular flexibility index (Phi) is 5.26. The summed E-state index contributed by atoms with van der Waals surface area (Å²) in [5.41, 5.74) is 0. The van der Waals surface area contributed by atoms with E-state index in [1.807, 2.05) is 0 Å². The van der Waals surface area contributed by atoms with Crippen molar-refractivity contribution in [1.29, 1.82) is 0 Å². The van der Waals surface area contributed by atoms with Crippen molar-refractivity contribution < 1.29 is 29.5 Å². The molecule has 0 spiro atoms. The third-order valence-electron chi connectivity index (χ3n) is 0.164. The predicted molar refractivity (Wildman–Crippen MR) is 20.4 cm³/mol. The Balaban J connectivity index is 0. The summed E-state index contributed by atoms with van der Waals surface area (Å²) in [7, 11) is -3.63. The quantitative estimate of drug-likeness (QED) is 0.374. The smallest absolute Gasteiger partial charge is 0.257 e. The van der Waals surface area contributed by atoms with Gasteiger partial charge in [-0.25, -0.2) is 5.14 Å². The van der Waals surface area contributed by atoms with Gasteiger partial charge < -0.3 is 0 Å². The third-order valence-corrected chi connectivity index (χ3v) is 0.493. The summed E-state index contributed by atoms with van der Waals surface area (Å²) in [5.74, 6) is 4.34. The van der Waals surface area contributed by atoms with Crippen LogP contribution in [0.5, 0.6) is 0 Å². The molecule has 48 valence electrons. The Hall–Kier alpha value is 0.518. The van der Waals surface area contributed by atoms with Crippen LogP contribution in [0.4, 0.5) is 0 Å². The second-order valence-electron chi connectivity index (χ2n) is 0.663. The van der Waals surface area contributed by atoms with Crippen molar-refractivity contribution in [3.8, 4) is 0 Å². The zero-order valence-electron chi connectivity index (χ0n) is 3.20. The van der Waals surface area contributed by atoms with Crippen LogP contribution in [0.3, 0.4) is 0 Å². The molecule has 0 bridgehead atoms. The molecule has 0 saturated heterocycles. The van der Waals surface area contributed by atoms with Crippen molar-refractivity contribution >= 4 is 10.2 Å². The van der Waals surface area contributed by atoms with E-state index in [0.29, 0.717) is 0 Å². The summed E-state index contributed by atoms with van der Waals surface area (Å²) in [4.78, 5) is 1.35. The number of nitrogens with one attached hydrogen (secondary N) is 1. The van der Waals surface area contributed by atoms with Gasteiger partial charge in [0.15, 0.2) is 0 Å². The normalized spacial score (nSPS) is 10.0. The molecule has 0 radical (unpaired) electrons. The first-order valence-electron chi connectivity index (χ1n) is 1.06. The molecule has 0 rings (SSSR count). The largest absolute Gasteiger partial charge is 0.287 e. The van der Waals surface area contributed by atoms with Crippen molar-refractivity contribution in [2.45, 2.75) is 0 Å². The molecule has 5 nitrogen and oxygen atoms in total. The molecule has 0 unspecified atom stereocenters. The Morgan fingerprint density at radius 1 is 1.43 bits per heavy atom. The van der Waals surface area contributed by atoms with Crippen molar-refractivity contribution in [1.82, 2.24) is 4.83 Å². The van der Waals surface area contributed by atoms with Gasteiger partial charge in [0.25, 0.3) is 10.2 Å². The number of hydrazine groups is 1. The van der Waals surface area contributed by atoms with Gasteiger partial charge in [0.1, 0.15) is 0 Å². The molecule has 0 atom stereocenters. The fourth-order valence-electron chi connectivity index (χ4n) is 0. The van der Waals surface area contributed by atoms with Crippen LogP contribution in [0.15, 0.2) is 0 Å². The van der Waals surface area contributed by atoms with Crippen LogP contribution in [0, 0.1) is 0 Å². The average molecular weight is 306 g/mol. The van der Waals surface area contributed by atoms with E-state index in [1.54, 1.807) is 0 Å². The molecule has 0 aromatic carbocycles. The van der Waals surface area contributed by atoms with E-state index in [4.69, 9.17) is 0 Å². The summed E-state index contributed by atoms with van der Waals surface area (Å²) in [6, 6.07) is 0. The maximum atomic E-state index is 9.54. The van der Waals surface area contributed by atoms with Gasteiger partial charge in [-0.15, -0.1) is 4.83 Å². The first-order chi connectivity index (χ1) is 2.56. The van der Waals surface area contributed by atoms with Gasteiger partial charge in [-0.05, 0) is 0 Å². The van der Waals surface area contributed by atoms with Gasteiger partial charge in [0, 0.05) is 21.1 Å². The predicted octanol–water partition coefficient (Wildman–Crippen LogP) is -2.35. The molecule has 0 heterocycles. The summed E-state index contributed by atoms with van der Waals surface area (Å²) >= 11 is 0. The summed E-state index contributed by atoms with van der Waals surface area (Å²) in [5, 5.41) is 4.27. The molecule has 0 aromatic heterocycles. The molecular weight excluding hydrogens is 301 g/mol. The number of hydrogen-bond donors (Lipinski definition) is 3. The average Bonchev–Trinajstić information content (AvgIpc) is 1.35. The minimum Gasteiger partial charge on any atom is -0.257 e. The molecule has 7 heteroatoms. The summed E-state index contributed by atoms with van der Waals surface area (Å²) < 4.78 is 19.1. The molecule has 0 fully saturated rings. The van der Waals surface area contributed by atoms with Crippen molar-refractivity contribution in [3.05, 3.63) is 0 Å². The Labute approximate surface area is 55.9 Å². The summed E-state index contributed by atoms with van der Waals surface area (Å²) in [6.45, 7) is 0. The zero-order valence-corrected chi connectivity index (χ0v) is 6.28. The first-order valence-corrected chi connectivity index (χ1v) is 2.61. The van der Waals surface area contributed by atoms with E-state index in [9.17, 15) is 8.42 Å². The van der Waals surface area contributed by atoms with E-state index in [1.165, 1.54) is 4.83 Å². The van der Waals surface area contributed by atoms with Gasteiger partial charge in [0.2, 0.25) is 0 Å². The van der Waals surface area contributed by atoms with E-state index >= 15 is 0 Å². The number of rotatable bonds is 1. The van der Waals surface area contributed by atoms with Gasteiger partial charge in [-0.1, -0.05) is 0 Å². The molecule has 0 aliphatic heterocycles. The summed E-state index contributed by atoms with van der Waals surface area (Å²) in [6.07, 6.45) is 0. The first kappa shape index (κ1) is 10.5. The standard InChI is InChI=1S/H5N3O2S.Pt/c1-3-6(2,4)5;/h3H,1H2,(H2,2,4,5);. The van der Waals surface area contributed by atoms with Gasteiger partial charge in [-0.2, -0.15) is 8.42 Å². The van der Waals surface area contributed by atoms with E-state index in [2.05, 4.69) is 11.0 Å². The molecular formula is H5N3O2PtS. The second-order valence-corrected chi connectivity index (χ2v) is 1.99. The Bertz CT molecular complexity index is 115. The van der Waals surface area contributed by atoms with Crippen LogP contribution < -0.4 is 15.8 Å². The van der Waals surface area contributed by atoms with Crippen LogP contribution in [-0.2, 0) is 31.3 Å². The second kappa shape index (κ2) is 3.51. The molecule has 0 aromatic rings. The molecule has 0 saturated carbocycles. The Morgan fingerprint density at radius 3 is 1.57 bits per heavy atom. The van der Waals surface area contributed by atoms with Crippen LogP contribution >= 0.6 is 0 Å². The molecule has 0 amide bonds. The topological polar surface area (TPSA) is 98.2 Å².